The van der Waals surface area contributed by atoms with Crippen molar-refractivity contribution in [1.82, 2.24) is 14.5 Å². The number of rotatable bonds is 2. The van der Waals surface area contributed by atoms with Crippen LogP contribution in [0.3, 0.4) is 0 Å². The van der Waals surface area contributed by atoms with Crippen LogP contribution in [0.5, 0.6) is 0 Å². The fraction of sp³-hybridized carbons (Fsp3) is 0.273. The van der Waals surface area contributed by atoms with E-state index in [4.69, 9.17) is 22.1 Å². The summed E-state index contributed by atoms with van der Waals surface area (Å²) in [5.41, 5.74) is 11.0. The molecule has 9 heteroatoms. The van der Waals surface area contributed by atoms with Crippen LogP contribution in [-0.4, -0.2) is 20.9 Å². The normalized spacial score (nSPS) is 12.6. The molecular weight excluding hydrogens is 421 g/mol. The number of amides is 1. The van der Waals surface area contributed by atoms with Gasteiger partial charge in [0.1, 0.15) is 5.82 Å². The van der Waals surface area contributed by atoms with Gasteiger partial charge in [-0.05, 0) is 18.2 Å². The number of halogens is 2. The Labute approximate surface area is 184 Å². The average molecular weight is 446 g/mol. The van der Waals surface area contributed by atoms with E-state index in [-0.39, 0.29) is 12.4 Å². The van der Waals surface area contributed by atoms with Crippen LogP contribution in [0.25, 0.3) is 16.9 Å². The van der Waals surface area contributed by atoms with Crippen molar-refractivity contribution in [2.24, 2.45) is 5.73 Å². The number of benzene rings is 1. The van der Waals surface area contributed by atoms with Crippen LogP contribution in [0.1, 0.15) is 38.5 Å². The van der Waals surface area contributed by atoms with Crippen molar-refractivity contribution in [3.05, 3.63) is 70.0 Å². The molecule has 1 fully saturated rings. The van der Waals surface area contributed by atoms with E-state index in [0.717, 1.165) is 6.07 Å². The number of carbonyl (C=O) groups excluding carboxylic acids is 1. The largest absolute Gasteiger partial charge is 0.372 e. The number of nitrogens with zero attached hydrogens (tertiary/aromatic N) is 3. The lowest BCUT2D eigenvalue weighted by atomic mass is 10.0. The van der Waals surface area contributed by atoms with E-state index in [2.05, 4.69) is 15.7 Å². The minimum absolute atomic E-state index is 0.101. The fourth-order valence-corrected chi connectivity index (χ4v) is 3.32. The molecule has 7 nitrogen and oxygen atoms in total. The Kier molecular flexibility index (Phi) is 9.64. The smallest absolute Gasteiger partial charge is 0.257 e. The van der Waals surface area contributed by atoms with Gasteiger partial charge in [0, 0.05) is 23.5 Å². The second kappa shape index (κ2) is 12.4. The molecule has 0 spiro atoms. The summed E-state index contributed by atoms with van der Waals surface area (Å²) in [6, 6.07) is 9.10. The van der Waals surface area contributed by atoms with Gasteiger partial charge in [-0.15, -0.1) is 0 Å². The Balaban J connectivity index is 0.000000318. The number of nitrogens with two attached hydrogens (primary N) is 2. The van der Waals surface area contributed by atoms with Crippen LogP contribution >= 0.6 is 11.6 Å². The zero-order chi connectivity index (χ0) is 22.6. The number of hydrogen-bond donors (Lipinski definition) is 2. The van der Waals surface area contributed by atoms with Crippen LogP contribution in [0.4, 0.5) is 10.3 Å². The maximum atomic E-state index is 13.0. The number of primary amides is 1. The molecule has 2 heterocycles. The van der Waals surface area contributed by atoms with Gasteiger partial charge in [0.2, 0.25) is 12.4 Å². The highest BCUT2D eigenvalue weighted by atomic mass is 35.5. The summed E-state index contributed by atoms with van der Waals surface area (Å²) in [5, 5.41) is 0.345. The van der Waals surface area contributed by atoms with E-state index in [9.17, 15) is 9.18 Å². The molecule has 0 radical (unpaired) electrons. The third-order valence-corrected chi connectivity index (χ3v) is 4.82. The third kappa shape index (κ3) is 7.49. The minimum Gasteiger partial charge on any atom is -0.372 e. The van der Waals surface area contributed by atoms with Crippen molar-refractivity contribution in [3.8, 4) is 16.9 Å². The minimum atomic E-state index is -0.580. The number of anilines is 1. The van der Waals surface area contributed by atoms with E-state index < -0.39 is 11.4 Å². The monoisotopic (exact) mass is 445 g/mol. The quantitative estimate of drug-likeness (QED) is 0.575. The first-order chi connectivity index (χ1) is 15.0. The zero-order valence-electron chi connectivity index (χ0n) is 17.0. The Morgan fingerprint density at radius 3 is 2.26 bits per heavy atom. The van der Waals surface area contributed by atoms with Crippen LogP contribution in [-0.2, 0) is 4.79 Å². The number of hydrogen-bond acceptors (Lipinski definition) is 5. The van der Waals surface area contributed by atoms with Gasteiger partial charge in [-0.25, -0.2) is 14.4 Å². The first-order valence-electron chi connectivity index (χ1n) is 9.88. The van der Waals surface area contributed by atoms with E-state index in [1.165, 1.54) is 61.6 Å². The highest BCUT2D eigenvalue weighted by Gasteiger charge is 2.09. The first kappa shape index (κ1) is 24.0. The lowest BCUT2D eigenvalue weighted by Crippen LogP contribution is -2.16. The Morgan fingerprint density at radius 2 is 1.68 bits per heavy atom. The molecule has 2 aromatic heterocycles. The number of aromatic nitrogens is 3. The van der Waals surface area contributed by atoms with Crippen molar-refractivity contribution >= 4 is 24.0 Å². The van der Waals surface area contributed by atoms with Crippen molar-refractivity contribution in [3.63, 3.8) is 0 Å². The Morgan fingerprint density at radius 1 is 1.06 bits per heavy atom. The highest BCUT2D eigenvalue weighted by molar-refractivity contribution is 6.32. The molecule has 31 heavy (non-hydrogen) atoms. The third-order valence-electron chi connectivity index (χ3n) is 4.54. The standard InChI is InChI=1S/C15H10ClFN4O.C6H12.CH3NO/c16-12-8-19-15(18)20-14(12)9-2-1-3-11(6-9)21-5-4-10(17)7-13(21)22;1-2-4-6-5-3-1;2-1-3/h1-8H,(H2,18,19,20);1-6H2;1H,(H2,2,3). The first-order valence-corrected chi connectivity index (χ1v) is 10.3. The fourth-order valence-electron chi connectivity index (χ4n) is 3.12. The van der Waals surface area contributed by atoms with E-state index in [1.807, 2.05) is 0 Å². The van der Waals surface area contributed by atoms with Crippen LogP contribution in [0.15, 0.2) is 53.6 Å². The molecule has 1 aromatic carbocycles. The summed E-state index contributed by atoms with van der Waals surface area (Å²) >= 11 is 6.08. The maximum Gasteiger partial charge on any atom is 0.257 e. The molecule has 1 aliphatic carbocycles. The summed E-state index contributed by atoms with van der Waals surface area (Å²) in [7, 11) is 0. The van der Waals surface area contributed by atoms with Crippen molar-refractivity contribution in [1.29, 1.82) is 0 Å². The van der Waals surface area contributed by atoms with Crippen molar-refractivity contribution < 1.29 is 9.18 Å². The van der Waals surface area contributed by atoms with Crippen LogP contribution in [0, 0.1) is 5.82 Å². The lowest BCUT2D eigenvalue weighted by molar-refractivity contribution is -0.106. The number of pyridine rings is 1. The predicted molar refractivity (Wildman–Crippen MR) is 120 cm³/mol. The van der Waals surface area contributed by atoms with E-state index in [1.54, 1.807) is 24.3 Å². The van der Waals surface area contributed by atoms with Gasteiger partial charge >= 0.3 is 0 Å². The van der Waals surface area contributed by atoms with Crippen molar-refractivity contribution in [2.75, 3.05) is 5.73 Å². The molecule has 0 bridgehead atoms. The van der Waals surface area contributed by atoms with Gasteiger partial charge in [0.15, 0.2) is 0 Å². The molecule has 4 N–H and O–H groups in total. The summed E-state index contributed by atoms with van der Waals surface area (Å²) in [6.45, 7) is 0. The maximum absolute atomic E-state index is 13.0. The van der Waals surface area contributed by atoms with Crippen LogP contribution < -0.4 is 17.0 Å². The molecule has 0 atom stereocenters. The molecular formula is C22H25ClFN5O2. The predicted octanol–water partition coefficient (Wildman–Crippen LogP) is 4.11. The van der Waals surface area contributed by atoms with E-state index in [0.29, 0.717) is 22.0 Å². The Bertz CT molecular complexity index is 1040. The van der Waals surface area contributed by atoms with Gasteiger partial charge in [0.05, 0.1) is 16.9 Å². The van der Waals surface area contributed by atoms with Crippen molar-refractivity contribution in [2.45, 2.75) is 38.5 Å². The second-order valence-corrected chi connectivity index (χ2v) is 7.19. The number of carbonyl (C=O) groups is 1. The summed E-state index contributed by atoms with van der Waals surface area (Å²) in [4.78, 5) is 28.4. The number of nitrogen functional groups attached to an aromatic ring is 1. The van der Waals surface area contributed by atoms with Gasteiger partial charge < -0.3 is 11.5 Å². The van der Waals surface area contributed by atoms with Gasteiger partial charge in [-0.3, -0.25) is 14.2 Å². The molecule has 0 aliphatic heterocycles. The summed E-state index contributed by atoms with van der Waals surface area (Å²) in [6.07, 6.45) is 12.0. The summed E-state index contributed by atoms with van der Waals surface area (Å²) in [5.74, 6) is -0.479. The SMILES string of the molecule is C1CCCCC1.NC=O.Nc1ncc(Cl)c(-c2cccc(-n3ccc(F)cc3=O)c2)n1. The van der Waals surface area contributed by atoms with Crippen LogP contribution in [0.2, 0.25) is 5.02 Å². The molecule has 1 amide bonds. The molecule has 0 unspecified atom stereocenters. The zero-order valence-corrected chi connectivity index (χ0v) is 17.8. The highest BCUT2D eigenvalue weighted by Crippen LogP contribution is 2.27. The van der Waals surface area contributed by atoms with Gasteiger partial charge in [-0.2, -0.15) is 0 Å². The Hall–Kier alpha value is -3.26. The molecule has 1 saturated carbocycles. The molecule has 4 rings (SSSR count). The van der Waals surface area contributed by atoms with Gasteiger partial charge in [0.25, 0.3) is 5.56 Å². The molecule has 3 aromatic rings. The molecule has 164 valence electrons. The lowest BCUT2D eigenvalue weighted by Gasteiger charge is -2.09. The van der Waals surface area contributed by atoms with E-state index >= 15 is 0 Å². The molecule has 0 saturated heterocycles. The average Bonchev–Trinajstić information content (AvgIpc) is 2.78. The second-order valence-electron chi connectivity index (χ2n) is 6.79. The summed E-state index contributed by atoms with van der Waals surface area (Å²) < 4.78 is 14.4. The molecule has 1 aliphatic rings. The van der Waals surface area contributed by atoms with Gasteiger partial charge in [-0.1, -0.05) is 62.3 Å². The topological polar surface area (TPSA) is 117 Å².